The Bertz CT molecular complexity index is 1110. The highest BCUT2D eigenvalue weighted by Crippen LogP contribution is 2.37. The van der Waals surface area contributed by atoms with Crippen molar-refractivity contribution in [2.75, 3.05) is 25.6 Å². The third-order valence-corrected chi connectivity index (χ3v) is 5.50. The van der Waals surface area contributed by atoms with Crippen LogP contribution in [-0.4, -0.2) is 58.2 Å². The normalized spacial score (nSPS) is 13.7. The van der Waals surface area contributed by atoms with Crippen LogP contribution in [0, 0.1) is 5.82 Å². The lowest BCUT2D eigenvalue weighted by atomic mass is 9.91. The average Bonchev–Trinajstić information content (AvgIpc) is 2.77. The van der Waals surface area contributed by atoms with Crippen molar-refractivity contribution in [3.8, 4) is 11.1 Å². The Morgan fingerprint density at radius 3 is 2.33 bits per heavy atom. The number of pyridine rings is 2. The molecule has 3 rings (SSSR count). The molecule has 2 heterocycles. The van der Waals surface area contributed by atoms with E-state index < -0.39 is 12.2 Å². The molecule has 2 aromatic heterocycles. The molecule has 0 aliphatic carbocycles. The Hall–Kier alpha value is -2.87. The Kier molecular flexibility index (Phi) is 8.13. The van der Waals surface area contributed by atoms with E-state index >= 15 is 0 Å². The van der Waals surface area contributed by atoms with Gasteiger partial charge in [0.15, 0.2) is 5.65 Å². The summed E-state index contributed by atoms with van der Waals surface area (Å²) in [5, 5.41) is 30.2. The Labute approximate surface area is 194 Å². The molecule has 6 nitrogen and oxygen atoms in total. The number of hydrogen-bond donors (Lipinski definition) is 3. The van der Waals surface area contributed by atoms with Crippen LogP contribution in [0.4, 0.5) is 10.2 Å². The predicted octanol–water partition coefficient (Wildman–Crippen LogP) is 4.13. The number of benzene rings is 1. The van der Waals surface area contributed by atoms with Crippen molar-refractivity contribution < 1.29 is 19.7 Å². The second-order valence-electron chi connectivity index (χ2n) is 8.71. The highest BCUT2D eigenvalue weighted by Gasteiger charge is 2.19. The van der Waals surface area contributed by atoms with Crippen molar-refractivity contribution in [2.45, 2.75) is 44.8 Å². The van der Waals surface area contributed by atoms with Crippen LogP contribution in [0.15, 0.2) is 42.5 Å². The third kappa shape index (κ3) is 5.93. The maximum Gasteiger partial charge on any atom is 0.162 e. The molecule has 2 unspecified atom stereocenters. The molecule has 0 bridgehead atoms. The molecule has 0 saturated carbocycles. The largest absolute Gasteiger partial charge is 0.396 e. The lowest BCUT2D eigenvalue weighted by Gasteiger charge is -2.19. The number of rotatable bonds is 9. The molecule has 0 amide bonds. The van der Waals surface area contributed by atoms with E-state index in [-0.39, 0.29) is 31.2 Å². The van der Waals surface area contributed by atoms with E-state index in [0.29, 0.717) is 5.65 Å². The highest BCUT2D eigenvalue weighted by atomic mass is 19.1. The van der Waals surface area contributed by atoms with Crippen LogP contribution in [-0.2, 0) is 0 Å². The minimum Gasteiger partial charge on any atom is -0.396 e. The summed E-state index contributed by atoms with van der Waals surface area (Å²) in [4.78, 5) is 11.5. The molecule has 3 aromatic rings. The number of anilines is 1. The van der Waals surface area contributed by atoms with Crippen LogP contribution in [0.25, 0.3) is 28.2 Å². The van der Waals surface area contributed by atoms with Crippen LogP contribution in [0.5, 0.6) is 0 Å². The summed E-state index contributed by atoms with van der Waals surface area (Å²) in [7, 11) is 3.84. The van der Waals surface area contributed by atoms with Crippen molar-refractivity contribution in [2.24, 2.45) is 0 Å². The lowest BCUT2D eigenvalue weighted by Crippen LogP contribution is -2.17. The fraction of sp³-hybridized carbons (Fsp3) is 0.385. The van der Waals surface area contributed by atoms with Crippen molar-refractivity contribution in [1.29, 1.82) is 0 Å². The van der Waals surface area contributed by atoms with E-state index in [2.05, 4.69) is 0 Å². The standard InChI is InChI=1S/C26H32FN3O3/c1-16(2)25-21(10-9-19(32)15-20(33)13-14-31)24(17-5-7-18(27)8-6-17)22-11-12-23(30(3)4)28-26(22)29-25/h5-12,16,19-20,31-33H,13-15H2,1-4H3/b10-9+. The maximum atomic E-state index is 13.7. The molecule has 0 spiro atoms. The van der Waals surface area contributed by atoms with E-state index in [1.807, 2.05) is 51.1 Å². The van der Waals surface area contributed by atoms with Gasteiger partial charge in [0.25, 0.3) is 0 Å². The molecular formula is C26H32FN3O3. The summed E-state index contributed by atoms with van der Waals surface area (Å²) in [6.07, 6.45) is 2.09. The van der Waals surface area contributed by atoms with Crippen LogP contribution in [0.2, 0.25) is 0 Å². The number of halogens is 1. The third-order valence-electron chi connectivity index (χ3n) is 5.50. The predicted molar refractivity (Wildman–Crippen MR) is 131 cm³/mol. The van der Waals surface area contributed by atoms with Gasteiger partial charge >= 0.3 is 0 Å². The number of aliphatic hydroxyl groups excluding tert-OH is 3. The lowest BCUT2D eigenvalue weighted by molar-refractivity contribution is 0.0827. The molecule has 33 heavy (non-hydrogen) atoms. The van der Waals surface area contributed by atoms with E-state index in [9.17, 15) is 14.6 Å². The quantitative estimate of drug-likeness (QED) is 0.451. The van der Waals surface area contributed by atoms with Gasteiger partial charge in [0, 0.05) is 43.6 Å². The van der Waals surface area contributed by atoms with Crippen molar-refractivity contribution in [1.82, 2.24) is 9.97 Å². The monoisotopic (exact) mass is 453 g/mol. The fourth-order valence-corrected chi connectivity index (χ4v) is 3.78. The molecular weight excluding hydrogens is 421 g/mol. The number of aliphatic hydroxyl groups is 3. The van der Waals surface area contributed by atoms with Crippen molar-refractivity contribution >= 4 is 22.9 Å². The molecule has 176 valence electrons. The Balaban J connectivity index is 2.21. The summed E-state index contributed by atoms with van der Waals surface area (Å²) in [6, 6.07) is 10.2. The maximum absolute atomic E-state index is 13.7. The first kappa shape index (κ1) is 24.8. The Morgan fingerprint density at radius 1 is 1.03 bits per heavy atom. The summed E-state index contributed by atoms with van der Waals surface area (Å²) in [6.45, 7) is 3.94. The minimum absolute atomic E-state index is 0.0650. The topological polar surface area (TPSA) is 89.7 Å². The first-order valence-electron chi connectivity index (χ1n) is 11.1. The molecule has 7 heteroatoms. The van der Waals surface area contributed by atoms with Gasteiger partial charge in [-0.3, -0.25) is 0 Å². The van der Waals surface area contributed by atoms with Gasteiger partial charge in [-0.15, -0.1) is 0 Å². The number of hydrogen-bond acceptors (Lipinski definition) is 6. The molecule has 0 aliphatic heterocycles. The second kappa shape index (κ2) is 10.8. The second-order valence-corrected chi connectivity index (χ2v) is 8.71. The number of aromatic nitrogens is 2. The molecule has 2 atom stereocenters. The fourth-order valence-electron chi connectivity index (χ4n) is 3.78. The molecule has 1 aromatic carbocycles. The molecule has 0 fully saturated rings. The van der Waals surface area contributed by atoms with E-state index in [0.717, 1.165) is 33.6 Å². The SMILES string of the molecule is CC(C)c1nc2nc(N(C)C)ccc2c(-c2ccc(F)cc2)c1/C=C/C(O)CC(O)CCO. The minimum atomic E-state index is -0.891. The molecule has 0 aliphatic rings. The summed E-state index contributed by atoms with van der Waals surface area (Å²) in [5.74, 6) is 0.529. The number of fused-ring (bicyclic) bond motifs is 1. The summed E-state index contributed by atoms with van der Waals surface area (Å²) < 4.78 is 13.7. The van der Waals surface area contributed by atoms with Crippen molar-refractivity contribution in [3.63, 3.8) is 0 Å². The zero-order valence-corrected chi connectivity index (χ0v) is 19.5. The first-order chi connectivity index (χ1) is 15.7. The summed E-state index contributed by atoms with van der Waals surface area (Å²) >= 11 is 0. The van der Waals surface area contributed by atoms with Gasteiger partial charge in [0.2, 0.25) is 0 Å². The first-order valence-corrected chi connectivity index (χ1v) is 11.1. The van der Waals surface area contributed by atoms with Gasteiger partial charge in [-0.1, -0.05) is 38.1 Å². The van der Waals surface area contributed by atoms with Gasteiger partial charge in [-0.2, -0.15) is 0 Å². The van der Waals surface area contributed by atoms with Gasteiger partial charge in [-0.25, -0.2) is 14.4 Å². The zero-order valence-electron chi connectivity index (χ0n) is 19.5. The highest BCUT2D eigenvalue weighted by molar-refractivity contribution is 5.98. The smallest absolute Gasteiger partial charge is 0.162 e. The van der Waals surface area contributed by atoms with E-state index in [4.69, 9.17) is 15.1 Å². The zero-order chi connectivity index (χ0) is 24.1. The van der Waals surface area contributed by atoms with Crippen LogP contribution < -0.4 is 4.90 Å². The van der Waals surface area contributed by atoms with Crippen LogP contribution in [0.3, 0.4) is 0 Å². The average molecular weight is 454 g/mol. The van der Waals surface area contributed by atoms with E-state index in [1.165, 1.54) is 12.1 Å². The summed E-state index contributed by atoms with van der Waals surface area (Å²) in [5.41, 5.74) is 3.91. The molecule has 0 saturated heterocycles. The van der Waals surface area contributed by atoms with Crippen LogP contribution >= 0.6 is 0 Å². The van der Waals surface area contributed by atoms with Gasteiger partial charge < -0.3 is 20.2 Å². The molecule has 0 radical (unpaired) electrons. The van der Waals surface area contributed by atoms with Gasteiger partial charge in [0.1, 0.15) is 11.6 Å². The molecule has 3 N–H and O–H groups in total. The van der Waals surface area contributed by atoms with Crippen LogP contribution in [0.1, 0.15) is 43.9 Å². The Morgan fingerprint density at radius 2 is 1.73 bits per heavy atom. The van der Waals surface area contributed by atoms with Gasteiger partial charge in [0.05, 0.1) is 17.9 Å². The number of nitrogens with zero attached hydrogens (tertiary/aromatic N) is 3. The van der Waals surface area contributed by atoms with E-state index in [1.54, 1.807) is 18.2 Å². The van der Waals surface area contributed by atoms with Gasteiger partial charge in [-0.05, 0) is 42.2 Å². The van der Waals surface area contributed by atoms with Crippen molar-refractivity contribution in [3.05, 3.63) is 59.5 Å².